The summed E-state index contributed by atoms with van der Waals surface area (Å²) in [6.07, 6.45) is 2.97. The number of halogens is 1. The van der Waals surface area contributed by atoms with Gasteiger partial charge >= 0.3 is 0 Å². The summed E-state index contributed by atoms with van der Waals surface area (Å²) in [7, 11) is 0. The minimum absolute atomic E-state index is 0.0826. The van der Waals surface area contributed by atoms with Gasteiger partial charge in [-0.25, -0.2) is 4.98 Å². The van der Waals surface area contributed by atoms with Crippen LogP contribution in [0.1, 0.15) is 10.4 Å². The van der Waals surface area contributed by atoms with Gasteiger partial charge in [0.2, 0.25) is 5.95 Å². The molecule has 0 aliphatic rings. The Kier molecular flexibility index (Phi) is 3.24. The van der Waals surface area contributed by atoms with Gasteiger partial charge in [-0.3, -0.25) is 20.2 Å². The molecule has 1 aromatic carbocycles. The summed E-state index contributed by atoms with van der Waals surface area (Å²) in [6, 6.07) is 3.82. The molecule has 1 amide bonds. The Hall–Kier alpha value is -2.41. The molecule has 18 heavy (non-hydrogen) atoms. The van der Waals surface area contributed by atoms with Crippen molar-refractivity contribution in [2.45, 2.75) is 0 Å². The second kappa shape index (κ2) is 4.84. The molecule has 0 aliphatic heterocycles. The number of nitro benzene ring substituents is 1. The van der Waals surface area contributed by atoms with Crippen LogP contribution in [0, 0.1) is 10.1 Å². The lowest BCUT2D eigenvalue weighted by Gasteiger charge is -2.03. The van der Waals surface area contributed by atoms with E-state index in [4.69, 9.17) is 11.6 Å². The first-order valence-electron chi connectivity index (χ1n) is 4.82. The number of aromatic amines is 1. The lowest BCUT2D eigenvalue weighted by molar-refractivity contribution is -0.385. The van der Waals surface area contributed by atoms with Crippen molar-refractivity contribution in [3.63, 3.8) is 0 Å². The number of carbonyl (C=O) groups is 1. The highest BCUT2D eigenvalue weighted by Crippen LogP contribution is 2.23. The first-order valence-corrected chi connectivity index (χ1v) is 5.20. The molecule has 0 unspecified atom stereocenters. The molecule has 0 spiro atoms. The number of benzene rings is 1. The van der Waals surface area contributed by atoms with E-state index in [0.717, 1.165) is 6.07 Å². The van der Waals surface area contributed by atoms with E-state index in [9.17, 15) is 14.9 Å². The number of H-pyrrole nitrogens is 1. The normalized spacial score (nSPS) is 10.1. The van der Waals surface area contributed by atoms with Crippen molar-refractivity contribution in [1.29, 1.82) is 0 Å². The Bertz CT molecular complexity index is 597. The fourth-order valence-electron chi connectivity index (χ4n) is 1.36. The minimum atomic E-state index is -0.664. The molecule has 2 aromatic rings. The molecule has 7 nitrogen and oxygen atoms in total. The maximum Gasteiger partial charge on any atom is 0.283 e. The van der Waals surface area contributed by atoms with Crippen molar-refractivity contribution < 1.29 is 9.72 Å². The number of imidazole rings is 1. The molecule has 0 bridgehead atoms. The Labute approximate surface area is 106 Å². The monoisotopic (exact) mass is 266 g/mol. The predicted molar refractivity (Wildman–Crippen MR) is 64.6 cm³/mol. The van der Waals surface area contributed by atoms with Crippen molar-refractivity contribution in [1.82, 2.24) is 9.97 Å². The Balaban J connectivity index is 2.32. The largest absolute Gasteiger partial charge is 0.331 e. The molecule has 1 aromatic heterocycles. The fraction of sp³-hybridized carbons (Fsp3) is 0. The topological polar surface area (TPSA) is 101 Å². The molecule has 0 aliphatic carbocycles. The van der Waals surface area contributed by atoms with Crippen LogP contribution in [0.3, 0.4) is 0 Å². The number of nitro groups is 1. The predicted octanol–water partition coefficient (Wildman–Crippen LogP) is 2.22. The van der Waals surface area contributed by atoms with E-state index < -0.39 is 10.8 Å². The zero-order valence-corrected chi connectivity index (χ0v) is 9.64. The third-order valence-corrected chi connectivity index (χ3v) is 2.37. The number of hydrogen-bond donors (Lipinski definition) is 2. The van der Waals surface area contributed by atoms with Gasteiger partial charge in [-0.1, -0.05) is 11.6 Å². The number of nitrogens with one attached hydrogen (secondary N) is 2. The van der Waals surface area contributed by atoms with Gasteiger partial charge in [0.25, 0.3) is 11.6 Å². The van der Waals surface area contributed by atoms with Crippen molar-refractivity contribution in [2.75, 3.05) is 5.32 Å². The molecule has 0 saturated heterocycles. The number of carbonyl (C=O) groups excluding carboxylic acids is 1. The summed E-state index contributed by atoms with van der Waals surface area (Å²) in [5, 5.41) is 13.4. The van der Waals surface area contributed by atoms with E-state index in [1.54, 1.807) is 0 Å². The third kappa shape index (κ3) is 2.46. The first kappa shape index (κ1) is 12.1. The first-order chi connectivity index (χ1) is 8.58. The molecule has 2 rings (SSSR count). The summed E-state index contributed by atoms with van der Waals surface area (Å²) >= 11 is 5.65. The maximum atomic E-state index is 11.8. The summed E-state index contributed by atoms with van der Waals surface area (Å²) in [4.78, 5) is 28.4. The van der Waals surface area contributed by atoms with Crippen LogP contribution in [0.25, 0.3) is 0 Å². The van der Waals surface area contributed by atoms with Crippen LogP contribution >= 0.6 is 11.6 Å². The van der Waals surface area contributed by atoms with Gasteiger partial charge in [0.15, 0.2) is 0 Å². The van der Waals surface area contributed by atoms with E-state index in [1.807, 2.05) is 0 Å². The Morgan fingerprint density at radius 1 is 1.50 bits per heavy atom. The van der Waals surface area contributed by atoms with Crippen molar-refractivity contribution >= 4 is 29.1 Å². The van der Waals surface area contributed by atoms with E-state index >= 15 is 0 Å². The number of anilines is 1. The van der Waals surface area contributed by atoms with Crippen LogP contribution in [0.15, 0.2) is 30.6 Å². The fourth-order valence-corrected chi connectivity index (χ4v) is 1.52. The lowest BCUT2D eigenvalue weighted by atomic mass is 10.1. The number of amides is 1. The number of hydrogen-bond acceptors (Lipinski definition) is 4. The highest BCUT2D eigenvalue weighted by atomic mass is 35.5. The van der Waals surface area contributed by atoms with Gasteiger partial charge in [-0.05, 0) is 12.1 Å². The molecular weight excluding hydrogens is 260 g/mol. The molecule has 0 atom stereocenters. The molecule has 2 N–H and O–H groups in total. The van der Waals surface area contributed by atoms with Crippen LogP contribution in [-0.2, 0) is 0 Å². The van der Waals surface area contributed by atoms with Crippen molar-refractivity contribution in [2.24, 2.45) is 0 Å². The van der Waals surface area contributed by atoms with E-state index in [1.165, 1.54) is 24.5 Å². The summed E-state index contributed by atoms with van der Waals surface area (Å²) in [5.41, 5.74) is -0.438. The molecular formula is C10H7ClN4O3. The van der Waals surface area contributed by atoms with Crippen molar-refractivity contribution in [3.05, 3.63) is 51.3 Å². The van der Waals surface area contributed by atoms with Crippen LogP contribution < -0.4 is 5.32 Å². The smallest absolute Gasteiger partial charge is 0.283 e. The van der Waals surface area contributed by atoms with Crippen LogP contribution in [0.2, 0.25) is 5.02 Å². The molecule has 0 saturated carbocycles. The highest BCUT2D eigenvalue weighted by Gasteiger charge is 2.20. The van der Waals surface area contributed by atoms with E-state index in [0.29, 0.717) is 0 Å². The highest BCUT2D eigenvalue weighted by molar-refractivity contribution is 6.31. The SMILES string of the molecule is O=C(Nc1ncc[nH]1)c1ccc(Cl)cc1[N+](=O)[O-]. The van der Waals surface area contributed by atoms with Gasteiger partial charge in [0.1, 0.15) is 5.56 Å². The number of rotatable bonds is 3. The van der Waals surface area contributed by atoms with Gasteiger partial charge in [0.05, 0.1) is 4.92 Å². The Morgan fingerprint density at radius 2 is 2.28 bits per heavy atom. The zero-order chi connectivity index (χ0) is 13.1. The quantitative estimate of drug-likeness (QED) is 0.657. The molecule has 0 fully saturated rings. The lowest BCUT2D eigenvalue weighted by Crippen LogP contribution is -2.14. The van der Waals surface area contributed by atoms with Gasteiger partial charge in [0, 0.05) is 23.5 Å². The van der Waals surface area contributed by atoms with Crippen LogP contribution in [-0.4, -0.2) is 20.8 Å². The van der Waals surface area contributed by atoms with Gasteiger partial charge in [-0.2, -0.15) is 0 Å². The third-order valence-electron chi connectivity index (χ3n) is 2.13. The number of aromatic nitrogens is 2. The molecule has 0 radical (unpaired) electrons. The summed E-state index contributed by atoms with van der Waals surface area (Å²) in [6.45, 7) is 0. The van der Waals surface area contributed by atoms with E-state index in [2.05, 4.69) is 15.3 Å². The standard InChI is InChI=1S/C10H7ClN4O3/c11-6-1-2-7(8(5-6)15(17)18)9(16)14-10-12-3-4-13-10/h1-5H,(H2,12,13,14,16). The molecule has 1 heterocycles. The van der Waals surface area contributed by atoms with E-state index in [-0.39, 0.29) is 22.2 Å². The van der Waals surface area contributed by atoms with Crippen LogP contribution in [0.5, 0.6) is 0 Å². The minimum Gasteiger partial charge on any atom is -0.331 e. The second-order valence-corrected chi connectivity index (χ2v) is 3.75. The van der Waals surface area contributed by atoms with Crippen LogP contribution in [0.4, 0.5) is 11.6 Å². The average Bonchev–Trinajstić information content (AvgIpc) is 2.81. The molecule has 8 heteroatoms. The second-order valence-electron chi connectivity index (χ2n) is 3.31. The number of nitrogens with zero attached hydrogens (tertiary/aromatic N) is 2. The molecule has 92 valence electrons. The van der Waals surface area contributed by atoms with Gasteiger partial charge in [-0.15, -0.1) is 0 Å². The van der Waals surface area contributed by atoms with Gasteiger partial charge < -0.3 is 4.98 Å². The zero-order valence-electron chi connectivity index (χ0n) is 8.88. The maximum absolute atomic E-state index is 11.8. The summed E-state index contributed by atoms with van der Waals surface area (Å²) in [5.74, 6) is -0.419. The Morgan fingerprint density at radius 3 is 2.89 bits per heavy atom. The summed E-state index contributed by atoms with van der Waals surface area (Å²) < 4.78 is 0. The average molecular weight is 267 g/mol. The van der Waals surface area contributed by atoms with Crippen molar-refractivity contribution in [3.8, 4) is 0 Å².